The second kappa shape index (κ2) is 6.03. The van der Waals surface area contributed by atoms with E-state index >= 15 is 0 Å². The van der Waals surface area contributed by atoms with E-state index in [1.54, 1.807) is 7.05 Å². The Kier molecular flexibility index (Phi) is 4.53. The average Bonchev–Trinajstić information content (AvgIpc) is 2.74. The normalized spacial score (nSPS) is 22.2. The van der Waals surface area contributed by atoms with Crippen molar-refractivity contribution in [2.45, 2.75) is 33.0 Å². The third-order valence-corrected chi connectivity index (χ3v) is 4.77. The molecule has 2 atom stereocenters. The van der Waals surface area contributed by atoms with E-state index in [0.717, 1.165) is 5.00 Å². The molecular weight excluding hydrogens is 290 g/mol. The summed E-state index contributed by atoms with van der Waals surface area (Å²) >= 11 is 1.28. The summed E-state index contributed by atoms with van der Waals surface area (Å²) in [5.74, 6) is -0.388. The SMILES string of the molecule is CNC(=O)c1c(N2CC(C)OC(C)C2)sc(C(C)=O)c1N. The van der Waals surface area contributed by atoms with E-state index in [-0.39, 0.29) is 29.6 Å². The monoisotopic (exact) mass is 311 g/mol. The Hall–Kier alpha value is -1.60. The molecule has 0 radical (unpaired) electrons. The van der Waals surface area contributed by atoms with Crippen LogP contribution in [0.5, 0.6) is 0 Å². The Balaban J connectivity index is 2.48. The molecule has 2 heterocycles. The maximum absolute atomic E-state index is 12.1. The Morgan fingerprint density at radius 1 is 1.33 bits per heavy atom. The first-order valence-electron chi connectivity index (χ1n) is 6.90. The van der Waals surface area contributed by atoms with Crippen LogP contribution in [0.25, 0.3) is 0 Å². The summed E-state index contributed by atoms with van der Waals surface area (Å²) < 4.78 is 5.71. The number of ketones is 1. The molecule has 3 N–H and O–H groups in total. The predicted molar refractivity (Wildman–Crippen MR) is 84.3 cm³/mol. The molecule has 0 aromatic carbocycles. The van der Waals surface area contributed by atoms with Gasteiger partial charge >= 0.3 is 0 Å². The number of Topliss-reactive ketones (excluding diaryl/α,β-unsaturated/α-hetero) is 1. The van der Waals surface area contributed by atoms with Crippen LogP contribution in [0.3, 0.4) is 0 Å². The lowest BCUT2D eigenvalue weighted by Crippen LogP contribution is -2.45. The van der Waals surface area contributed by atoms with Crippen LogP contribution in [0.2, 0.25) is 0 Å². The maximum Gasteiger partial charge on any atom is 0.256 e. The molecule has 1 aliphatic heterocycles. The van der Waals surface area contributed by atoms with E-state index < -0.39 is 0 Å². The van der Waals surface area contributed by atoms with Gasteiger partial charge in [0, 0.05) is 27.1 Å². The average molecular weight is 311 g/mol. The molecule has 2 unspecified atom stereocenters. The minimum atomic E-state index is -0.266. The summed E-state index contributed by atoms with van der Waals surface area (Å²) in [4.78, 5) is 26.4. The van der Waals surface area contributed by atoms with Crippen molar-refractivity contribution >= 4 is 33.7 Å². The van der Waals surface area contributed by atoms with Gasteiger partial charge in [-0.15, -0.1) is 11.3 Å². The number of nitrogens with zero attached hydrogens (tertiary/aromatic N) is 1. The number of carbonyl (C=O) groups excluding carboxylic acids is 2. The fraction of sp³-hybridized carbons (Fsp3) is 0.571. The lowest BCUT2D eigenvalue weighted by atomic mass is 10.1. The molecule has 116 valence electrons. The first-order valence-corrected chi connectivity index (χ1v) is 7.72. The van der Waals surface area contributed by atoms with Gasteiger partial charge in [0.25, 0.3) is 5.91 Å². The number of ether oxygens (including phenoxy) is 1. The highest BCUT2D eigenvalue weighted by Gasteiger charge is 2.30. The first-order chi connectivity index (χ1) is 9.85. The minimum absolute atomic E-state index is 0.0652. The lowest BCUT2D eigenvalue weighted by molar-refractivity contribution is -0.00505. The topological polar surface area (TPSA) is 84.7 Å². The van der Waals surface area contributed by atoms with Crippen molar-refractivity contribution in [1.29, 1.82) is 0 Å². The van der Waals surface area contributed by atoms with E-state index in [4.69, 9.17) is 10.5 Å². The minimum Gasteiger partial charge on any atom is -0.397 e. The van der Waals surface area contributed by atoms with Gasteiger partial charge in [-0.05, 0) is 13.8 Å². The zero-order valence-corrected chi connectivity index (χ0v) is 13.5. The van der Waals surface area contributed by atoms with Crippen molar-refractivity contribution in [3.8, 4) is 0 Å². The lowest BCUT2D eigenvalue weighted by Gasteiger charge is -2.36. The van der Waals surface area contributed by atoms with Gasteiger partial charge in [-0.2, -0.15) is 0 Å². The highest BCUT2D eigenvalue weighted by Crippen LogP contribution is 2.39. The van der Waals surface area contributed by atoms with Crippen molar-refractivity contribution in [3.63, 3.8) is 0 Å². The molecule has 1 aromatic rings. The Morgan fingerprint density at radius 3 is 2.38 bits per heavy atom. The van der Waals surface area contributed by atoms with Crippen LogP contribution in [0.15, 0.2) is 0 Å². The van der Waals surface area contributed by atoms with E-state index in [1.165, 1.54) is 18.3 Å². The number of thiophene rings is 1. The predicted octanol–water partition coefficient (Wildman–Crippen LogP) is 1.51. The summed E-state index contributed by atoms with van der Waals surface area (Å²) in [5, 5.41) is 3.34. The number of nitrogen functional groups attached to an aromatic ring is 1. The number of nitrogens with two attached hydrogens (primary N) is 1. The molecule has 0 spiro atoms. The number of amides is 1. The van der Waals surface area contributed by atoms with Crippen LogP contribution in [-0.4, -0.2) is 44.0 Å². The maximum atomic E-state index is 12.1. The number of rotatable bonds is 3. The van der Waals surface area contributed by atoms with Crippen molar-refractivity contribution in [3.05, 3.63) is 10.4 Å². The van der Waals surface area contributed by atoms with Gasteiger partial charge in [0.2, 0.25) is 0 Å². The van der Waals surface area contributed by atoms with Crippen LogP contribution >= 0.6 is 11.3 Å². The summed E-state index contributed by atoms with van der Waals surface area (Å²) in [6.07, 6.45) is 0.130. The van der Waals surface area contributed by atoms with Gasteiger partial charge < -0.3 is 20.7 Å². The van der Waals surface area contributed by atoms with E-state index in [9.17, 15) is 9.59 Å². The van der Waals surface area contributed by atoms with Crippen LogP contribution < -0.4 is 16.0 Å². The Labute approximate surface area is 128 Å². The molecule has 1 aromatic heterocycles. The molecule has 2 rings (SSSR count). The number of carbonyl (C=O) groups is 2. The highest BCUT2D eigenvalue weighted by molar-refractivity contribution is 7.19. The molecule has 6 nitrogen and oxygen atoms in total. The standard InChI is InChI=1S/C14H21N3O3S/c1-7-5-17(6-8(2)20-7)14-10(13(19)16-4)11(15)12(21-14)9(3)18/h7-8H,5-6,15H2,1-4H3,(H,16,19). The van der Waals surface area contributed by atoms with Crippen LogP contribution in [0.1, 0.15) is 40.8 Å². The van der Waals surface area contributed by atoms with Crippen LogP contribution in [0.4, 0.5) is 10.7 Å². The van der Waals surface area contributed by atoms with Crippen molar-refractivity contribution in [2.24, 2.45) is 0 Å². The van der Waals surface area contributed by atoms with E-state index in [0.29, 0.717) is 23.5 Å². The number of hydrogen-bond acceptors (Lipinski definition) is 6. The van der Waals surface area contributed by atoms with Gasteiger partial charge in [-0.25, -0.2) is 0 Å². The largest absolute Gasteiger partial charge is 0.397 e. The van der Waals surface area contributed by atoms with Crippen molar-refractivity contribution < 1.29 is 14.3 Å². The van der Waals surface area contributed by atoms with Crippen molar-refractivity contribution in [2.75, 3.05) is 30.8 Å². The second-order valence-electron chi connectivity index (χ2n) is 5.32. The summed E-state index contributed by atoms with van der Waals surface area (Å²) in [6.45, 7) is 6.79. The van der Waals surface area contributed by atoms with Gasteiger partial charge in [-0.3, -0.25) is 9.59 Å². The fourth-order valence-corrected chi connectivity index (χ4v) is 3.74. The van der Waals surface area contributed by atoms with Crippen LogP contribution in [-0.2, 0) is 4.74 Å². The number of hydrogen-bond donors (Lipinski definition) is 2. The van der Waals surface area contributed by atoms with Crippen LogP contribution in [0, 0.1) is 0 Å². The van der Waals surface area contributed by atoms with E-state index in [2.05, 4.69) is 10.2 Å². The van der Waals surface area contributed by atoms with E-state index in [1.807, 2.05) is 13.8 Å². The molecule has 7 heteroatoms. The zero-order valence-electron chi connectivity index (χ0n) is 12.7. The smallest absolute Gasteiger partial charge is 0.256 e. The molecule has 1 aliphatic rings. The Bertz CT molecular complexity index is 560. The summed E-state index contributed by atoms with van der Waals surface area (Å²) in [5.41, 5.74) is 6.70. The highest BCUT2D eigenvalue weighted by atomic mass is 32.1. The molecule has 0 aliphatic carbocycles. The first kappa shape index (κ1) is 15.8. The second-order valence-corrected chi connectivity index (χ2v) is 6.32. The third kappa shape index (κ3) is 3.03. The molecular formula is C14H21N3O3S. The summed E-state index contributed by atoms with van der Waals surface area (Å²) in [7, 11) is 1.56. The van der Waals surface area contributed by atoms with Gasteiger partial charge in [0.1, 0.15) is 5.00 Å². The van der Waals surface area contributed by atoms with Gasteiger partial charge in [0.05, 0.1) is 28.3 Å². The van der Waals surface area contributed by atoms with Crippen molar-refractivity contribution in [1.82, 2.24) is 5.32 Å². The molecule has 21 heavy (non-hydrogen) atoms. The number of morpholine rings is 1. The van der Waals surface area contributed by atoms with Gasteiger partial charge in [0.15, 0.2) is 5.78 Å². The quantitative estimate of drug-likeness (QED) is 0.827. The molecule has 1 saturated heterocycles. The fourth-order valence-electron chi connectivity index (χ4n) is 2.60. The Morgan fingerprint density at radius 2 is 1.90 bits per heavy atom. The summed E-state index contributed by atoms with van der Waals surface area (Å²) in [6, 6.07) is 0. The third-order valence-electron chi connectivity index (χ3n) is 3.41. The molecule has 1 fully saturated rings. The molecule has 1 amide bonds. The number of nitrogens with one attached hydrogen (secondary N) is 1. The molecule has 0 bridgehead atoms. The number of anilines is 2. The zero-order chi connectivity index (χ0) is 15.7. The molecule has 0 saturated carbocycles. The van der Waals surface area contributed by atoms with Gasteiger partial charge in [-0.1, -0.05) is 0 Å².